The molecule has 0 spiro atoms. The predicted molar refractivity (Wildman–Crippen MR) is 86.4 cm³/mol. The van der Waals surface area contributed by atoms with E-state index in [1.165, 1.54) is 0 Å². The molecule has 23 heavy (non-hydrogen) atoms. The van der Waals surface area contributed by atoms with E-state index in [4.69, 9.17) is 14.0 Å². The van der Waals surface area contributed by atoms with Crippen molar-refractivity contribution in [2.45, 2.75) is 38.9 Å². The van der Waals surface area contributed by atoms with Crippen LogP contribution in [0.1, 0.15) is 47.5 Å². The molecular weight excluding hydrogens is 314 g/mol. The van der Waals surface area contributed by atoms with Gasteiger partial charge in [0.05, 0.1) is 6.61 Å². The highest BCUT2D eigenvalue weighted by Crippen LogP contribution is 2.21. The third kappa shape index (κ3) is 4.99. The number of thiophene rings is 1. The molecule has 0 atom stereocenters. The van der Waals surface area contributed by atoms with Crippen LogP contribution in [-0.4, -0.2) is 24.2 Å². The molecule has 1 saturated heterocycles. The topological polar surface area (TPSA) is 61.6 Å². The minimum absolute atomic E-state index is 0.0457. The summed E-state index contributed by atoms with van der Waals surface area (Å²) in [4.78, 5) is 12.2. The normalized spacial score (nSPS) is 15.8. The van der Waals surface area contributed by atoms with Crippen LogP contribution in [0.3, 0.4) is 0 Å². The van der Waals surface area contributed by atoms with Gasteiger partial charge in [-0.05, 0) is 47.6 Å². The second kappa shape index (κ2) is 8.38. The molecule has 5 nitrogen and oxygen atoms in total. The number of ether oxygens (including phenoxy) is 2. The minimum atomic E-state index is 0.0457. The van der Waals surface area contributed by atoms with Crippen molar-refractivity contribution in [1.29, 1.82) is 0 Å². The smallest absolute Gasteiger partial charge is 0.184 e. The van der Waals surface area contributed by atoms with Gasteiger partial charge in [-0.2, -0.15) is 11.3 Å². The van der Waals surface area contributed by atoms with Gasteiger partial charge in [0.25, 0.3) is 0 Å². The molecular formula is C17H21NO4S. The van der Waals surface area contributed by atoms with Crippen LogP contribution < -0.4 is 0 Å². The van der Waals surface area contributed by atoms with Gasteiger partial charge in [-0.1, -0.05) is 5.16 Å². The molecule has 0 bridgehead atoms. The van der Waals surface area contributed by atoms with E-state index in [-0.39, 0.29) is 5.78 Å². The number of rotatable bonds is 8. The van der Waals surface area contributed by atoms with Crippen molar-refractivity contribution < 1.29 is 18.8 Å². The zero-order chi connectivity index (χ0) is 15.9. The Morgan fingerprint density at radius 2 is 2.22 bits per heavy atom. The summed E-state index contributed by atoms with van der Waals surface area (Å²) < 4.78 is 16.1. The fourth-order valence-electron chi connectivity index (χ4n) is 2.66. The van der Waals surface area contributed by atoms with Crippen LogP contribution in [0.15, 0.2) is 27.4 Å². The van der Waals surface area contributed by atoms with Gasteiger partial charge in [0.2, 0.25) is 0 Å². The van der Waals surface area contributed by atoms with Crippen molar-refractivity contribution in [3.8, 4) is 0 Å². The number of carbonyl (C=O) groups is 1. The Kier molecular flexibility index (Phi) is 5.96. The van der Waals surface area contributed by atoms with E-state index in [0.717, 1.165) is 38.0 Å². The lowest BCUT2D eigenvalue weighted by Gasteiger charge is -2.21. The molecule has 0 aromatic carbocycles. The number of aromatic nitrogens is 1. The largest absolute Gasteiger partial charge is 0.381 e. The molecule has 0 amide bonds. The zero-order valence-corrected chi connectivity index (χ0v) is 13.8. The first kappa shape index (κ1) is 16.4. The highest BCUT2D eigenvalue weighted by molar-refractivity contribution is 7.07. The maximum absolute atomic E-state index is 12.2. The molecule has 1 aliphatic heterocycles. The van der Waals surface area contributed by atoms with Gasteiger partial charge in [0.15, 0.2) is 11.5 Å². The summed E-state index contributed by atoms with van der Waals surface area (Å²) in [5, 5.41) is 7.93. The second-order valence-corrected chi connectivity index (χ2v) is 6.60. The molecule has 0 radical (unpaired) electrons. The summed E-state index contributed by atoms with van der Waals surface area (Å²) in [7, 11) is 0. The molecule has 2 aromatic rings. The fourth-order valence-corrected chi connectivity index (χ4v) is 3.31. The summed E-state index contributed by atoms with van der Waals surface area (Å²) in [6, 6.07) is 3.72. The molecule has 0 unspecified atom stereocenters. The van der Waals surface area contributed by atoms with Crippen LogP contribution in [0.5, 0.6) is 0 Å². The van der Waals surface area contributed by atoms with Crippen LogP contribution in [0.2, 0.25) is 0 Å². The van der Waals surface area contributed by atoms with Gasteiger partial charge in [0, 0.05) is 25.7 Å². The number of Topliss-reactive ketones (excluding diaryl/α,β-unsaturated/α-hetero) is 1. The number of nitrogens with zero attached hydrogens (tertiary/aromatic N) is 1. The molecule has 1 fully saturated rings. The molecule has 3 rings (SSSR count). The highest BCUT2D eigenvalue weighted by Gasteiger charge is 2.18. The molecule has 0 aliphatic carbocycles. The summed E-state index contributed by atoms with van der Waals surface area (Å²) in [5.74, 6) is 1.23. The second-order valence-electron chi connectivity index (χ2n) is 5.82. The summed E-state index contributed by atoms with van der Waals surface area (Å²) in [6.07, 6.45) is 3.52. The average molecular weight is 335 g/mol. The minimum Gasteiger partial charge on any atom is -0.381 e. The van der Waals surface area contributed by atoms with Crippen LogP contribution >= 0.6 is 11.3 Å². The lowest BCUT2D eigenvalue weighted by molar-refractivity contribution is 0.0618. The Hall–Kier alpha value is -1.50. The van der Waals surface area contributed by atoms with E-state index >= 15 is 0 Å². The van der Waals surface area contributed by atoms with Crippen LogP contribution in [0, 0.1) is 5.92 Å². The molecule has 2 aromatic heterocycles. The Labute approximate surface area is 139 Å². The van der Waals surface area contributed by atoms with E-state index in [1.807, 2.05) is 16.8 Å². The van der Waals surface area contributed by atoms with Gasteiger partial charge < -0.3 is 14.0 Å². The summed E-state index contributed by atoms with van der Waals surface area (Å²) in [5.41, 5.74) is 1.55. The van der Waals surface area contributed by atoms with Crippen molar-refractivity contribution >= 4 is 17.1 Å². The first-order valence-electron chi connectivity index (χ1n) is 7.96. The van der Waals surface area contributed by atoms with Crippen molar-refractivity contribution in [2.75, 3.05) is 13.2 Å². The third-order valence-corrected chi connectivity index (χ3v) is 4.79. The fraction of sp³-hybridized carbons (Fsp3) is 0.529. The Balaban J connectivity index is 1.41. The molecule has 0 N–H and O–H groups in total. The van der Waals surface area contributed by atoms with Crippen LogP contribution in [-0.2, 0) is 22.7 Å². The maximum Gasteiger partial charge on any atom is 0.184 e. The van der Waals surface area contributed by atoms with Crippen LogP contribution in [0.25, 0.3) is 0 Å². The first-order valence-corrected chi connectivity index (χ1v) is 8.91. The number of hydrogen-bond donors (Lipinski definition) is 0. The maximum atomic E-state index is 12.2. The lowest BCUT2D eigenvalue weighted by atomic mass is 9.93. The van der Waals surface area contributed by atoms with E-state index in [2.05, 4.69) is 5.16 Å². The van der Waals surface area contributed by atoms with Gasteiger partial charge in [-0.3, -0.25) is 4.79 Å². The zero-order valence-electron chi connectivity index (χ0n) is 13.0. The molecule has 1 aliphatic rings. The Morgan fingerprint density at radius 3 is 3.00 bits per heavy atom. The molecule has 124 valence electrons. The van der Waals surface area contributed by atoms with Crippen molar-refractivity contribution in [3.63, 3.8) is 0 Å². The SMILES string of the molecule is O=C(CCC1CCOCC1)c1cc(COCc2ccsc2)on1. The highest BCUT2D eigenvalue weighted by atomic mass is 32.1. The summed E-state index contributed by atoms with van der Waals surface area (Å²) >= 11 is 1.64. The van der Waals surface area contributed by atoms with E-state index in [0.29, 0.717) is 37.0 Å². The molecule has 6 heteroatoms. The predicted octanol–water partition coefficient (Wildman–Crippen LogP) is 3.84. The number of ketones is 1. The standard InChI is InChI=1S/C17H21NO4S/c19-17(2-1-13-3-6-20-7-4-13)16-9-15(22-18-16)11-21-10-14-5-8-23-12-14/h5,8-9,12-13H,1-4,6-7,10-11H2. The van der Waals surface area contributed by atoms with E-state index in [1.54, 1.807) is 17.4 Å². The van der Waals surface area contributed by atoms with Gasteiger partial charge in [0.1, 0.15) is 12.3 Å². The monoisotopic (exact) mass is 335 g/mol. The van der Waals surface area contributed by atoms with E-state index < -0.39 is 0 Å². The average Bonchev–Trinajstić information content (AvgIpc) is 3.25. The van der Waals surface area contributed by atoms with Crippen molar-refractivity contribution in [1.82, 2.24) is 5.16 Å². The molecule has 0 saturated carbocycles. The van der Waals surface area contributed by atoms with Gasteiger partial charge in [-0.15, -0.1) is 0 Å². The van der Waals surface area contributed by atoms with E-state index in [9.17, 15) is 4.79 Å². The number of hydrogen-bond acceptors (Lipinski definition) is 6. The third-order valence-electron chi connectivity index (χ3n) is 4.06. The Morgan fingerprint density at radius 1 is 1.35 bits per heavy atom. The lowest BCUT2D eigenvalue weighted by Crippen LogP contribution is -2.16. The number of carbonyl (C=O) groups excluding carboxylic acids is 1. The summed E-state index contributed by atoms with van der Waals surface area (Å²) in [6.45, 7) is 2.50. The Bertz CT molecular complexity index is 602. The van der Waals surface area contributed by atoms with Crippen molar-refractivity contribution in [3.05, 3.63) is 39.9 Å². The van der Waals surface area contributed by atoms with Gasteiger partial charge in [-0.25, -0.2) is 0 Å². The molecule has 3 heterocycles. The van der Waals surface area contributed by atoms with Gasteiger partial charge >= 0.3 is 0 Å². The van der Waals surface area contributed by atoms with Crippen LogP contribution in [0.4, 0.5) is 0 Å². The van der Waals surface area contributed by atoms with Crippen molar-refractivity contribution in [2.24, 2.45) is 5.92 Å². The first-order chi connectivity index (χ1) is 11.3. The quantitative estimate of drug-likeness (QED) is 0.686.